The Morgan fingerprint density at radius 1 is 1.25 bits per heavy atom. The molecule has 0 spiro atoms. The van der Waals surface area contributed by atoms with Crippen LogP contribution < -0.4 is 5.32 Å². The maximum atomic E-state index is 12.4. The summed E-state index contributed by atoms with van der Waals surface area (Å²) in [6.07, 6.45) is 3.57. The molecular weight excluding hydrogens is 376 g/mol. The van der Waals surface area contributed by atoms with Gasteiger partial charge in [0.15, 0.2) is 11.5 Å². The van der Waals surface area contributed by atoms with Crippen LogP contribution in [0.5, 0.6) is 0 Å². The van der Waals surface area contributed by atoms with E-state index in [1.54, 1.807) is 17.8 Å². The number of amides is 1. The normalized spacial score (nSPS) is 19.8. The summed E-state index contributed by atoms with van der Waals surface area (Å²) < 4.78 is 11.1. The molecule has 2 aromatic heterocycles. The summed E-state index contributed by atoms with van der Waals surface area (Å²) >= 11 is 1.67. The molecule has 2 heterocycles. The number of nitrogens with one attached hydrogen (secondary N) is 1. The number of nitrogens with zero attached hydrogens (tertiary/aromatic N) is 3. The van der Waals surface area contributed by atoms with Crippen LogP contribution in [0.3, 0.4) is 0 Å². The van der Waals surface area contributed by atoms with Crippen LogP contribution in [-0.2, 0) is 0 Å². The van der Waals surface area contributed by atoms with Gasteiger partial charge in [0.2, 0.25) is 11.8 Å². The average Bonchev–Trinajstić information content (AvgIpc) is 3.34. The zero-order valence-electron chi connectivity index (χ0n) is 16.0. The van der Waals surface area contributed by atoms with Crippen LogP contribution in [0.1, 0.15) is 58.8 Å². The molecule has 7 nitrogen and oxygen atoms in total. The highest BCUT2D eigenvalue weighted by atomic mass is 32.2. The van der Waals surface area contributed by atoms with Gasteiger partial charge in [-0.15, -0.1) is 10.2 Å². The molecule has 4 rings (SSSR count). The van der Waals surface area contributed by atoms with Crippen molar-refractivity contribution in [2.24, 2.45) is 0 Å². The lowest BCUT2D eigenvalue weighted by Gasteiger charge is -2.33. The number of thioether (sulfide) groups is 1. The molecule has 1 aliphatic carbocycles. The van der Waals surface area contributed by atoms with Crippen LogP contribution in [0.2, 0.25) is 0 Å². The Bertz CT molecular complexity index is 960. The maximum Gasteiger partial charge on any atom is 0.273 e. The van der Waals surface area contributed by atoms with E-state index in [1.165, 1.54) is 0 Å². The number of rotatable bonds is 6. The molecule has 0 radical (unpaired) electrons. The van der Waals surface area contributed by atoms with Gasteiger partial charge in [-0.25, -0.2) is 0 Å². The third-order valence-electron chi connectivity index (χ3n) is 5.06. The van der Waals surface area contributed by atoms with Gasteiger partial charge < -0.3 is 14.3 Å². The number of benzene rings is 1. The van der Waals surface area contributed by atoms with E-state index in [1.807, 2.05) is 44.4 Å². The summed E-state index contributed by atoms with van der Waals surface area (Å²) in [5.41, 5.74) is 2.34. The van der Waals surface area contributed by atoms with Gasteiger partial charge in [-0.2, -0.15) is 11.8 Å². The lowest BCUT2D eigenvalue weighted by molar-refractivity contribution is 0.0894. The van der Waals surface area contributed by atoms with E-state index in [4.69, 9.17) is 8.94 Å². The summed E-state index contributed by atoms with van der Waals surface area (Å²) in [4.78, 5) is 12.4. The van der Waals surface area contributed by atoms with Gasteiger partial charge >= 0.3 is 0 Å². The smallest absolute Gasteiger partial charge is 0.273 e. The molecule has 1 fully saturated rings. The lowest BCUT2D eigenvalue weighted by atomic mass is 9.80. The van der Waals surface area contributed by atoms with Crippen molar-refractivity contribution in [1.29, 1.82) is 0 Å². The van der Waals surface area contributed by atoms with Crippen molar-refractivity contribution >= 4 is 17.7 Å². The van der Waals surface area contributed by atoms with E-state index in [2.05, 4.69) is 20.7 Å². The first-order valence-corrected chi connectivity index (χ1v) is 10.5. The molecule has 1 amide bonds. The van der Waals surface area contributed by atoms with Crippen molar-refractivity contribution in [2.45, 2.75) is 43.9 Å². The van der Waals surface area contributed by atoms with Crippen molar-refractivity contribution in [3.05, 3.63) is 53.4 Å². The van der Waals surface area contributed by atoms with Crippen molar-refractivity contribution in [3.63, 3.8) is 0 Å². The second-order valence-corrected chi connectivity index (χ2v) is 8.32. The number of aromatic nitrogens is 3. The largest absolute Gasteiger partial charge is 0.424 e. The molecule has 0 saturated heterocycles. The molecular formula is C20H22N4O3S. The quantitative estimate of drug-likeness (QED) is 0.667. The van der Waals surface area contributed by atoms with Crippen molar-refractivity contribution in [1.82, 2.24) is 20.7 Å². The van der Waals surface area contributed by atoms with Crippen molar-refractivity contribution in [2.75, 3.05) is 6.26 Å². The number of carbonyl (C=O) groups excluding carboxylic acids is 1. The molecule has 8 heteroatoms. The third kappa shape index (κ3) is 3.82. The Morgan fingerprint density at radius 2 is 2.00 bits per heavy atom. The zero-order chi connectivity index (χ0) is 19.7. The molecule has 1 N–H and O–H groups in total. The van der Waals surface area contributed by atoms with Crippen LogP contribution in [0.15, 0.2) is 39.3 Å². The van der Waals surface area contributed by atoms with E-state index in [9.17, 15) is 4.79 Å². The summed E-state index contributed by atoms with van der Waals surface area (Å²) in [5, 5.41) is 15.3. The van der Waals surface area contributed by atoms with E-state index in [0.29, 0.717) is 17.5 Å². The first-order chi connectivity index (χ1) is 13.5. The lowest BCUT2D eigenvalue weighted by Crippen LogP contribution is -2.43. The topological polar surface area (TPSA) is 94.1 Å². The molecule has 1 aromatic carbocycles. The van der Waals surface area contributed by atoms with Gasteiger partial charge in [0.05, 0.1) is 5.25 Å². The summed E-state index contributed by atoms with van der Waals surface area (Å²) in [6, 6.07) is 9.63. The molecule has 0 bridgehead atoms. The minimum absolute atomic E-state index is 0.0744. The monoisotopic (exact) mass is 398 g/mol. The highest BCUT2D eigenvalue weighted by Gasteiger charge is 2.36. The predicted molar refractivity (Wildman–Crippen MR) is 106 cm³/mol. The summed E-state index contributed by atoms with van der Waals surface area (Å²) in [6.45, 7) is 4.06. The Hall–Kier alpha value is -2.61. The number of carbonyl (C=O) groups is 1. The molecule has 3 aromatic rings. The van der Waals surface area contributed by atoms with Gasteiger partial charge in [-0.1, -0.05) is 35.0 Å². The second kappa shape index (κ2) is 7.79. The molecule has 0 aliphatic heterocycles. The van der Waals surface area contributed by atoms with Crippen LogP contribution in [0.4, 0.5) is 0 Å². The number of aryl methyl sites for hydroxylation is 1. The van der Waals surface area contributed by atoms with E-state index >= 15 is 0 Å². The van der Waals surface area contributed by atoms with Gasteiger partial charge in [0.25, 0.3) is 5.91 Å². The molecule has 146 valence electrons. The maximum absolute atomic E-state index is 12.4. The van der Waals surface area contributed by atoms with E-state index in [-0.39, 0.29) is 28.8 Å². The standard InChI is InChI=1S/C20H22N4O3S/c1-11-4-6-13(7-5-11)17-10-16(24-27-17)18(25)21-15-8-14(9-15)20-23-22-19(26-20)12(2)28-3/h4-7,10,12,14-15H,8-9H2,1-3H3,(H,21,25)/t12-,14-,15-/m1/s1. The minimum Gasteiger partial charge on any atom is -0.424 e. The third-order valence-corrected chi connectivity index (χ3v) is 5.97. The van der Waals surface area contributed by atoms with Gasteiger partial charge in [-0.05, 0) is 32.9 Å². The first kappa shape index (κ1) is 18.7. The Labute approximate surface area is 167 Å². The summed E-state index contributed by atoms with van der Waals surface area (Å²) in [7, 11) is 0. The number of hydrogen-bond acceptors (Lipinski definition) is 7. The fraction of sp³-hybridized carbons (Fsp3) is 0.400. The Kier molecular flexibility index (Phi) is 5.21. The van der Waals surface area contributed by atoms with Crippen LogP contribution >= 0.6 is 11.8 Å². The van der Waals surface area contributed by atoms with Crippen molar-refractivity contribution < 1.29 is 13.7 Å². The molecule has 28 heavy (non-hydrogen) atoms. The van der Waals surface area contributed by atoms with Crippen LogP contribution in [-0.4, -0.2) is 33.6 Å². The molecule has 1 saturated carbocycles. The zero-order valence-corrected chi connectivity index (χ0v) is 16.8. The van der Waals surface area contributed by atoms with E-state index < -0.39 is 0 Å². The number of hydrogen-bond donors (Lipinski definition) is 1. The van der Waals surface area contributed by atoms with E-state index in [0.717, 1.165) is 24.0 Å². The van der Waals surface area contributed by atoms with Crippen molar-refractivity contribution in [3.8, 4) is 11.3 Å². The minimum atomic E-state index is -0.229. The van der Waals surface area contributed by atoms with Crippen LogP contribution in [0, 0.1) is 6.92 Å². The molecule has 1 atom stereocenters. The van der Waals surface area contributed by atoms with Gasteiger partial charge in [0, 0.05) is 23.6 Å². The van der Waals surface area contributed by atoms with Crippen LogP contribution in [0.25, 0.3) is 11.3 Å². The Morgan fingerprint density at radius 3 is 2.71 bits per heavy atom. The molecule has 0 unspecified atom stereocenters. The SMILES string of the molecule is CS[C@H](C)c1nnc([C@H]2C[C@H](NC(=O)c3cc(-c4ccc(C)cc4)on3)C2)o1. The fourth-order valence-electron chi connectivity index (χ4n) is 3.11. The summed E-state index contributed by atoms with van der Waals surface area (Å²) in [5.74, 6) is 1.86. The highest BCUT2D eigenvalue weighted by Crippen LogP contribution is 2.37. The van der Waals surface area contributed by atoms with Gasteiger partial charge in [0.1, 0.15) is 0 Å². The first-order valence-electron chi connectivity index (χ1n) is 9.24. The predicted octanol–water partition coefficient (Wildman–Crippen LogP) is 4.13. The average molecular weight is 398 g/mol. The fourth-order valence-corrected chi connectivity index (χ4v) is 3.41. The molecule has 1 aliphatic rings. The highest BCUT2D eigenvalue weighted by molar-refractivity contribution is 7.98. The van der Waals surface area contributed by atoms with Gasteiger partial charge in [-0.3, -0.25) is 4.79 Å². The Balaban J connectivity index is 1.32. The second-order valence-electron chi connectivity index (χ2n) is 7.14.